The second kappa shape index (κ2) is 11.7. The van der Waals surface area contributed by atoms with Crippen molar-refractivity contribution in [3.63, 3.8) is 0 Å². The first-order valence-corrected chi connectivity index (χ1v) is 13.4. The Bertz CT molecular complexity index is 1560. The lowest BCUT2D eigenvalue weighted by atomic mass is 9.83. The van der Waals surface area contributed by atoms with Crippen LogP contribution in [0.1, 0.15) is 47.5 Å². The van der Waals surface area contributed by atoms with Crippen LogP contribution in [0.15, 0.2) is 50.4 Å². The lowest BCUT2D eigenvalue weighted by Gasteiger charge is -2.42. The fourth-order valence-corrected chi connectivity index (χ4v) is 6.13. The Hall–Kier alpha value is -4.25. The van der Waals surface area contributed by atoms with Crippen molar-refractivity contribution in [3.8, 4) is 23.0 Å². The average Bonchev–Trinajstić information content (AvgIpc) is 2.97. The highest BCUT2D eigenvalue weighted by atomic mass is 16.5. The second-order valence-electron chi connectivity index (χ2n) is 10.5. The number of esters is 1. The van der Waals surface area contributed by atoms with Gasteiger partial charge in [-0.1, -0.05) is 6.07 Å². The van der Waals surface area contributed by atoms with Crippen LogP contribution in [0.5, 0.6) is 23.0 Å². The maximum absolute atomic E-state index is 13.0. The summed E-state index contributed by atoms with van der Waals surface area (Å²) in [5, 5.41) is 10.9. The molecule has 1 fully saturated rings. The van der Waals surface area contributed by atoms with E-state index in [2.05, 4.69) is 4.90 Å². The smallest absolute Gasteiger partial charge is 0.306 e. The molecule has 11 nitrogen and oxygen atoms in total. The Morgan fingerprint density at radius 3 is 2.44 bits per heavy atom. The third-order valence-corrected chi connectivity index (χ3v) is 7.96. The van der Waals surface area contributed by atoms with E-state index < -0.39 is 23.1 Å². The molecule has 1 aromatic carbocycles. The molecule has 2 aliphatic heterocycles. The van der Waals surface area contributed by atoms with Gasteiger partial charge in [-0.2, -0.15) is 0 Å². The van der Waals surface area contributed by atoms with Crippen LogP contribution < -0.4 is 25.2 Å². The fraction of sp³-hybridized carbons (Fsp3) is 0.433. The van der Waals surface area contributed by atoms with Crippen molar-refractivity contribution in [1.82, 2.24) is 9.47 Å². The molecule has 2 aliphatic rings. The molecule has 3 aromatic rings. The summed E-state index contributed by atoms with van der Waals surface area (Å²) in [5.74, 6) is -0.221. The molecule has 3 atom stereocenters. The van der Waals surface area contributed by atoms with E-state index in [0.29, 0.717) is 48.2 Å². The lowest BCUT2D eigenvalue weighted by molar-refractivity contribution is -0.140. The summed E-state index contributed by atoms with van der Waals surface area (Å²) in [6, 6.07) is 9.90. The van der Waals surface area contributed by atoms with E-state index in [1.807, 2.05) is 10.6 Å². The Kier molecular flexibility index (Phi) is 8.07. The van der Waals surface area contributed by atoms with Crippen molar-refractivity contribution in [3.05, 3.63) is 79.8 Å². The molecular formula is C30H34N2O9. The van der Waals surface area contributed by atoms with E-state index in [0.717, 1.165) is 18.7 Å². The molecule has 41 heavy (non-hydrogen) atoms. The van der Waals surface area contributed by atoms with E-state index in [1.165, 1.54) is 34.5 Å². The number of pyridine rings is 1. The zero-order valence-corrected chi connectivity index (χ0v) is 23.5. The van der Waals surface area contributed by atoms with Gasteiger partial charge in [0, 0.05) is 55.0 Å². The van der Waals surface area contributed by atoms with Gasteiger partial charge in [0.1, 0.15) is 11.5 Å². The number of aromatic hydroxyl groups is 1. The summed E-state index contributed by atoms with van der Waals surface area (Å²) in [6.07, 6.45) is 0.757. The molecule has 2 bridgehead atoms. The molecule has 11 heteroatoms. The number of benzene rings is 1. The van der Waals surface area contributed by atoms with E-state index in [4.69, 9.17) is 23.4 Å². The van der Waals surface area contributed by atoms with Crippen LogP contribution >= 0.6 is 0 Å². The minimum atomic E-state index is -0.927. The summed E-state index contributed by atoms with van der Waals surface area (Å²) in [4.78, 5) is 40.1. The van der Waals surface area contributed by atoms with Crippen LogP contribution in [0.3, 0.4) is 0 Å². The number of likely N-dealkylation sites (tertiary alicyclic amines) is 1. The predicted octanol–water partition coefficient (Wildman–Crippen LogP) is 2.85. The second-order valence-corrected chi connectivity index (χ2v) is 10.5. The number of methoxy groups -OCH3 is 4. The van der Waals surface area contributed by atoms with Crippen molar-refractivity contribution < 1.29 is 33.3 Å². The van der Waals surface area contributed by atoms with Crippen LogP contribution in [0.25, 0.3) is 0 Å². The molecule has 4 heterocycles. The highest BCUT2D eigenvalue weighted by Gasteiger charge is 2.35. The fourth-order valence-electron chi connectivity index (χ4n) is 6.13. The monoisotopic (exact) mass is 566 g/mol. The van der Waals surface area contributed by atoms with Crippen molar-refractivity contribution >= 4 is 5.97 Å². The van der Waals surface area contributed by atoms with Crippen molar-refractivity contribution in [2.45, 2.75) is 37.8 Å². The largest absolute Gasteiger partial charge is 0.502 e. The number of piperidine rings is 1. The molecule has 2 aromatic heterocycles. The van der Waals surface area contributed by atoms with Gasteiger partial charge >= 0.3 is 5.97 Å². The molecule has 0 radical (unpaired) electrons. The quantitative estimate of drug-likeness (QED) is 0.386. The Morgan fingerprint density at radius 2 is 1.73 bits per heavy atom. The predicted molar refractivity (Wildman–Crippen MR) is 148 cm³/mol. The summed E-state index contributed by atoms with van der Waals surface area (Å²) in [7, 11) is 5.69. The molecule has 5 rings (SSSR count). The number of rotatable bonds is 9. The van der Waals surface area contributed by atoms with Crippen molar-refractivity contribution in [2.24, 2.45) is 5.92 Å². The number of aromatic nitrogens is 1. The maximum atomic E-state index is 13.0. The summed E-state index contributed by atoms with van der Waals surface area (Å²) in [5.41, 5.74) is 0.859. The zero-order valence-electron chi connectivity index (χ0n) is 23.5. The number of fused-ring (bicyclic) bond motifs is 4. The van der Waals surface area contributed by atoms with Gasteiger partial charge in [0.15, 0.2) is 17.3 Å². The number of ether oxygens (including phenoxy) is 4. The SMILES string of the molecule is COC(=O)C[C@H](c1cc(OC)c(OC)cc1OC)c1oc(CN2C[C@H]3C[C@@H](C2)c2cccc(=O)n2C3)cc(=O)c1O. The topological polar surface area (TPSA) is 130 Å². The summed E-state index contributed by atoms with van der Waals surface area (Å²) >= 11 is 0. The van der Waals surface area contributed by atoms with Crippen LogP contribution in [0.4, 0.5) is 0 Å². The van der Waals surface area contributed by atoms with Gasteiger partial charge in [0.25, 0.3) is 5.56 Å². The van der Waals surface area contributed by atoms with Gasteiger partial charge < -0.3 is 33.0 Å². The minimum Gasteiger partial charge on any atom is -0.502 e. The van der Waals surface area contributed by atoms with Crippen LogP contribution in [-0.2, 0) is 22.6 Å². The first-order valence-electron chi connectivity index (χ1n) is 13.4. The third-order valence-electron chi connectivity index (χ3n) is 7.96. The van der Waals surface area contributed by atoms with Gasteiger partial charge in [0.2, 0.25) is 11.2 Å². The first-order chi connectivity index (χ1) is 19.8. The van der Waals surface area contributed by atoms with E-state index in [1.54, 1.807) is 24.3 Å². The molecule has 218 valence electrons. The molecule has 1 saturated heterocycles. The third kappa shape index (κ3) is 5.54. The molecule has 0 saturated carbocycles. The number of carbonyl (C=O) groups is 1. The average molecular weight is 567 g/mol. The van der Waals surface area contributed by atoms with Crippen LogP contribution in [-0.4, -0.2) is 62.1 Å². The van der Waals surface area contributed by atoms with Crippen molar-refractivity contribution in [2.75, 3.05) is 41.5 Å². The molecule has 1 N–H and O–H groups in total. The van der Waals surface area contributed by atoms with E-state index >= 15 is 0 Å². The maximum Gasteiger partial charge on any atom is 0.306 e. The zero-order chi connectivity index (χ0) is 29.3. The number of nitrogens with zero attached hydrogens (tertiary/aromatic N) is 2. The van der Waals surface area contributed by atoms with Gasteiger partial charge in [-0.15, -0.1) is 0 Å². The van der Waals surface area contributed by atoms with Gasteiger partial charge in [-0.05, 0) is 24.5 Å². The molecule has 0 spiro atoms. The highest BCUT2D eigenvalue weighted by Crippen LogP contribution is 2.43. The summed E-state index contributed by atoms with van der Waals surface area (Å²) in [6.45, 7) is 2.38. The normalized spacial score (nSPS) is 18.7. The highest BCUT2D eigenvalue weighted by molar-refractivity contribution is 5.72. The lowest BCUT2D eigenvalue weighted by Crippen LogP contribution is -2.46. The molecule has 0 aliphatic carbocycles. The number of hydrogen-bond acceptors (Lipinski definition) is 10. The van der Waals surface area contributed by atoms with Gasteiger partial charge in [-0.25, -0.2) is 0 Å². The van der Waals surface area contributed by atoms with Crippen LogP contribution in [0.2, 0.25) is 0 Å². The molecule has 0 amide bonds. The minimum absolute atomic E-state index is 0.0158. The number of hydrogen-bond donors (Lipinski definition) is 1. The van der Waals surface area contributed by atoms with E-state index in [9.17, 15) is 19.5 Å². The van der Waals surface area contributed by atoms with Gasteiger partial charge in [-0.3, -0.25) is 19.3 Å². The molecular weight excluding hydrogens is 532 g/mol. The van der Waals surface area contributed by atoms with Crippen molar-refractivity contribution in [1.29, 1.82) is 0 Å². The van der Waals surface area contributed by atoms with Crippen LogP contribution in [0, 0.1) is 5.92 Å². The standard InChI is InChI=1S/C30H34N2O9/c1-37-24-12-26(39-3)25(38-2)10-20(24)21(11-28(35)40-4)30-29(36)23(33)9-19(41-30)16-31-13-17-8-18(15-31)22-6-5-7-27(34)32(22)14-17/h5-7,9-10,12,17-18,21,36H,8,11,13-16H2,1-4H3/t17-,18+,21-/m1/s1. The van der Waals surface area contributed by atoms with E-state index in [-0.39, 0.29) is 29.6 Å². The molecule has 0 unspecified atom stereocenters. The van der Waals surface area contributed by atoms with Gasteiger partial charge in [0.05, 0.1) is 47.3 Å². The Morgan fingerprint density at radius 1 is 1.00 bits per heavy atom. The first kappa shape index (κ1) is 28.3. The number of carbonyl (C=O) groups excluding carboxylic acids is 1. The summed E-state index contributed by atoms with van der Waals surface area (Å²) < 4.78 is 29.4. The Labute approximate surface area is 236 Å². The Balaban J connectivity index is 1.51.